The summed E-state index contributed by atoms with van der Waals surface area (Å²) in [6.07, 6.45) is 4.77. The standard InChI is InChI=1S/C19H32N4S/c1-3-4-6-17-7-9-18(10-8-17)21-19(24)20-11-5-12-23-15-13-22(2)14-16-23/h7-10H,3-6,11-16H2,1-2H3,(H2,20,21,24). The molecule has 1 saturated heterocycles. The molecule has 1 aromatic rings. The third-order valence-corrected chi connectivity index (χ3v) is 4.81. The van der Waals surface area contributed by atoms with Crippen molar-refractivity contribution in [3.05, 3.63) is 29.8 Å². The summed E-state index contributed by atoms with van der Waals surface area (Å²) in [6.45, 7) is 9.03. The first-order chi connectivity index (χ1) is 11.7. The molecule has 0 spiro atoms. The van der Waals surface area contributed by atoms with E-state index in [4.69, 9.17) is 12.2 Å². The van der Waals surface area contributed by atoms with Crippen LogP contribution in [-0.4, -0.2) is 61.2 Å². The van der Waals surface area contributed by atoms with Crippen molar-refractivity contribution in [3.8, 4) is 0 Å². The molecule has 1 aliphatic rings. The summed E-state index contributed by atoms with van der Waals surface area (Å²) in [5, 5.41) is 7.30. The average molecular weight is 349 g/mol. The molecule has 2 N–H and O–H groups in total. The predicted octanol–water partition coefficient (Wildman–Crippen LogP) is 2.95. The maximum atomic E-state index is 5.38. The van der Waals surface area contributed by atoms with Crippen molar-refractivity contribution >= 4 is 23.0 Å². The van der Waals surface area contributed by atoms with E-state index in [0.29, 0.717) is 0 Å². The number of anilines is 1. The summed E-state index contributed by atoms with van der Waals surface area (Å²) in [6, 6.07) is 8.61. The number of hydrogen-bond donors (Lipinski definition) is 2. The highest BCUT2D eigenvalue weighted by atomic mass is 32.1. The van der Waals surface area contributed by atoms with E-state index in [-0.39, 0.29) is 0 Å². The van der Waals surface area contributed by atoms with E-state index in [0.717, 1.165) is 36.7 Å². The van der Waals surface area contributed by atoms with Crippen LogP contribution in [0.15, 0.2) is 24.3 Å². The molecule has 2 rings (SSSR count). The van der Waals surface area contributed by atoms with Crippen LogP contribution in [0, 0.1) is 0 Å². The number of nitrogens with one attached hydrogen (secondary N) is 2. The van der Waals surface area contributed by atoms with Crippen molar-refractivity contribution in [2.45, 2.75) is 32.6 Å². The molecule has 0 saturated carbocycles. The minimum atomic E-state index is 0.717. The van der Waals surface area contributed by atoms with Gasteiger partial charge in [-0.05, 0) is 62.8 Å². The Hall–Kier alpha value is -1.17. The largest absolute Gasteiger partial charge is 0.362 e. The van der Waals surface area contributed by atoms with Crippen LogP contribution in [0.25, 0.3) is 0 Å². The maximum absolute atomic E-state index is 5.38. The van der Waals surface area contributed by atoms with Crippen LogP contribution in [0.3, 0.4) is 0 Å². The van der Waals surface area contributed by atoms with Gasteiger partial charge in [0.25, 0.3) is 0 Å². The second kappa shape index (κ2) is 10.6. The Morgan fingerprint density at radius 3 is 2.46 bits per heavy atom. The van der Waals surface area contributed by atoms with Crippen LogP contribution in [0.1, 0.15) is 31.7 Å². The third-order valence-electron chi connectivity index (χ3n) is 4.56. The van der Waals surface area contributed by atoms with Crippen LogP contribution >= 0.6 is 12.2 Å². The SMILES string of the molecule is CCCCc1ccc(NC(=S)NCCCN2CCN(C)CC2)cc1. The summed E-state index contributed by atoms with van der Waals surface area (Å²) >= 11 is 5.38. The minimum Gasteiger partial charge on any atom is -0.362 e. The zero-order valence-electron chi connectivity index (χ0n) is 15.2. The van der Waals surface area contributed by atoms with E-state index in [1.165, 1.54) is 44.6 Å². The number of hydrogen-bond acceptors (Lipinski definition) is 3. The van der Waals surface area contributed by atoms with Gasteiger partial charge in [0.1, 0.15) is 0 Å². The van der Waals surface area contributed by atoms with Gasteiger partial charge >= 0.3 is 0 Å². The van der Waals surface area contributed by atoms with Gasteiger partial charge in [-0.15, -0.1) is 0 Å². The fourth-order valence-corrected chi connectivity index (χ4v) is 3.11. The lowest BCUT2D eigenvalue weighted by Gasteiger charge is -2.32. The highest BCUT2D eigenvalue weighted by Crippen LogP contribution is 2.11. The zero-order chi connectivity index (χ0) is 17.2. The van der Waals surface area contributed by atoms with E-state index in [2.05, 4.69) is 58.7 Å². The molecule has 0 aromatic heterocycles. The van der Waals surface area contributed by atoms with Gasteiger partial charge < -0.3 is 20.4 Å². The summed E-state index contributed by atoms with van der Waals surface area (Å²) in [5.74, 6) is 0. The van der Waals surface area contributed by atoms with Gasteiger partial charge in [0, 0.05) is 38.4 Å². The number of nitrogens with zero attached hydrogens (tertiary/aromatic N) is 2. The van der Waals surface area contributed by atoms with Crippen LogP contribution in [-0.2, 0) is 6.42 Å². The number of likely N-dealkylation sites (N-methyl/N-ethyl adjacent to an activating group) is 1. The monoisotopic (exact) mass is 348 g/mol. The molecular formula is C19H32N4S. The first-order valence-corrected chi connectivity index (χ1v) is 9.63. The van der Waals surface area contributed by atoms with Crippen LogP contribution in [0.5, 0.6) is 0 Å². The maximum Gasteiger partial charge on any atom is 0.170 e. The van der Waals surface area contributed by atoms with Crippen molar-refractivity contribution in [2.24, 2.45) is 0 Å². The highest BCUT2D eigenvalue weighted by Gasteiger charge is 2.12. The average Bonchev–Trinajstić information content (AvgIpc) is 2.60. The molecule has 0 unspecified atom stereocenters. The fraction of sp³-hybridized carbons (Fsp3) is 0.632. The quantitative estimate of drug-likeness (QED) is 0.557. The molecule has 1 aromatic carbocycles. The highest BCUT2D eigenvalue weighted by molar-refractivity contribution is 7.80. The Bertz CT molecular complexity index is 481. The van der Waals surface area contributed by atoms with E-state index < -0.39 is 0 Å². The molecule has 24 heavy (non-hydrogen) atoms. The van der Waals surface area contributed by atoms with Gasteiger partial charge in [0.2, 0.25) is 0 Å². The Kier molecular flexibility index (Phi) is 8.50. The van der Waals surface area contributed by atoms with Crippen LogP contribution < -0.4 is 10.6 Å². The van der Waals surface area contributed by atoms with Crippen LogP contribution in [0.4, 0.5) is 5.69 Å². The summed E-state index contributed by atoms with van der Waals surface area (Å²) in [7, 11) is 2.19. The van der Waals surface area contributed by atoms with E-state index in [1.54, 1.807) is 0 Å². The van der Waals surface area contributed by atoms with E-state index in [1.807, 2.05) is 0 Å². The van der Waals surface area contributed by atoms with Gasteiger partial charge in [0.15, 0.2) is 5.11 Å². The molecule has 5 heteroatoms. The molecule has 1 fully saturated rings. The normalized spacial score (nSPS) is 16.1. The topological polar surface area (TPSA) is 30.5 Å². The summed E-state index contributed by atoms with van der Waals surface area (Å²) in [5.41, 5.74) is 2.46. The molecule has 1 heterocycles. The van der Waals surface area contributed by atoms with Crippen LogP contribution in [0.2, 0.25) is 0 Å². The molecule has 0 radical (unpaired) electrons. The van der Waals surface area contributed by atoms with Crippen molar-refractivity contribution < 1.29 is 0 Å². The van der Waals surface area contributed by atoms with Crippen molar-refractivity contribution in [3.63, 3.8) is 0 Å². The Morgan fingerprint density at radius 2 is 1.79 bits per heavy atom. The van der Waals surface area contributed by atoms with Crippen molar-refractivity contribution in [2.75, 3.05) is 51.6 Å². The Morgan fingerprint density at radius 1 is 1.08 bits per heavy atom. The minimum absolute atomic E-state index is 0.717. The second-order valence-corrected chi connectivity index (χ2v) is 7.09. The molecule has 1 aliphatic heterocycles. The first-order valence-electron chi connectivity index (χ1n) is 9.22. The molecular weight excluding hydrogens is 316 g/mol. The molecule has 0 bridgehead atoms. The Labute approximate surface area is 152 Å². The van der Waals surface area contributed by atoms with Gasteiger partial charge in [0.05, 0.1) is 0 Å². The molecule has 0 aliphatic carbocycles. The smallest absolute Gasteiger partial charge is 0.170 e. The zero-order valence-corrected chi connectivity index (χ0v) is 16.0. The summed E-state index contributed by atoms with van der Waals surface area (Å²) < 4.78 is 0. The Balaban J connectivity index is 1.59. The van der Waals surface area contributed by atoms with E-state index >= 15 is 0 Å². The third kappa shape index (κ3) is 7.16. The lowest BCUT2D eigenvalue weighted by molar-refractivity contribution is 0.153. The number of piperazine rings is 1. The molecule has 0 atom stereocenters. The lowest BCUT2D eigenvalue weighted by Crippen LogP contribution is -2.45. The van der Waals surface area contributed by atoms with E-state index in [9.17, 15) is 0 Å². The van der Waals surface area contributed by atoms with Gasteiger partial charge in [-0.3, -0.25) is 0 Å². The first kappa shape index (κ1) is 19.2. The second-order valence-electron chi connectivity index (χ2n) is 6.68. The number of rotatable bonds is 8. The van der Waals surface area contributed by atoms with Crippen molar-refractivity contribution in [1.29, 1.82) is 0 Å². The number of aryl methyl sites for hydroxylation is 1. The van der Waals surface area contributed by atoms with Gasteiger partial charge in [-0.1, -0.05) is 25.5 Å². The number of thiocarbonyl (C=S) groups is 1. The van der Waals surface area contributed by atoms with Gasteiger partial charge in [-0.2, -0.15) is 0 Å². The lowest BCUT2D eigenvalue weighted by atomic mass is 10.1. The molecule has 0 amide bonds. The van der Waals surface area contributed by atoms with Crippen molar-refractivity contribution in [1.82, 2.24) is 15.1 Å². The predicted molar refractivity (Wildman–Crippen MR) is 108 cm³/mol. The molecule has 4 nitrogen and oxygen atoms in total. The van der Waals surface area contributed by atoms with Gasteiger partial charge in [-0.25, -0.2) is 0 Å². The number of unbranched alkanes of at least 4 members (excludes halogenated alkanes) is 1. The molecule has 134 valence electrons. The fourth-order valence-electron chi connectivity index (χ4n) is 2.89. The number of benzene rings is 1. The summed E-state index contributed by atoms with van der Waals surface area (Å²) in [4.78, 5) is 4.93.